The Morgan fingerprint density at radius 1 is 0.176 bits per heavy atom. The second-order valence-corrected chi connectivity index (χ2v) is 37.6. The molecular weight excluding hydrogens is 1680 g/mol. The van der Waals surface area contributed by atoms with Gasteiger partial charge in [0.25, 0.3) is 0 Å². The van der Waals surface area contributed by atoms with Gasteiger partial charge in [-0.2, -0.15) is 0 Å². The lowest BCUT2D eigenvalue weighted by molar-refractivity contribution is 0.768. The summed E-state index contributed by atoms with van der Waals surface area (Å²) in [6.07, 6.45) is 0. The van der Waals surface area contributed by atoms with Crippen LogP contribution in [0.4, 0.5) is 34.1 Å². The molecule has 136 heavy (non-hydrogen) atoms. The molecule has 4 heterocycles. The molecule has 0 amide bonds. The number of para-hydroxylation sites is 4. The quantitative estimate of drug-likeness (QED) is 0.0959. The van der Waals surface area contributed by atoms with Gasteiger partial charge in [0.15, 0.2) is 0 Å². The zero-order valence-corrected chi connectivity index (χ0v) is 75.9. The average Bonchev–Trinajstić information content (AvgIpc) is 1.55. The highest BCUT2D eigenvalue weighted by atomic mass is 32.1. The molecule has 4 nitrogen and oxygen atoms in total. The summed E-state index contributed by atoms with van der Waals surface area (Å²) in [4.78, 5) is 4.87. The van der Waals surface area contributed by atoms with Crippen molar-refractivity contribution in [2.75, 3.05) is 9.80 Å². The number of anilines is 6. The summed E-state index contributed by atoms with van der Waals surface area (Å²) >= 11 is 3.81. The van der Waals surface area contributed by atoms with Gasteiger partial charge in [0.2, 0.25) is 0 Å². The fraction of sp³-hybridized carbons (Fsp3) is 0.0154. The predicted molar refractivity (Wildman–Crippen MR) is 576 cm³/mol. The van der Waals surface area contributed by atoms with Gasteiger partial charge < -0.3 is 18.9 Å². The van der Waals surface area contributed by atoms with E-state index in [1.807, 2.05) is 22.7 Å². The minimum atomic E-state index is -0.519. The third-order valence-electron chi connectivity index (χ3n) is 28.4. The number of thiophene rings is 2. The smallest absolute Gasteiger partial charge is 0.0727 e. The van der Waals surface area contributed by atoms with Gasteiger partial charge >= 0.3 is 0 Å². The van der Waals surface area contributed by atoms with E-state index in [0.29, 0.717) is 0 Å². The monoisotopic (exact) mass is 1770 g/mol. The first-order chi connectivity index (χ1) is 67.5. The molecule has 27 rings (SSSR count). The van der Waals surface area contributed by atoms with Crippen LogP contribution in [0.3, 0.4) is 0 Å². The number of hydrogen-bond acceptors (Lipinski definition) is 4. The summed E-state index contributed by atoms with van der Waals surface area (Å²) in [5.74, 6) is 0. The molecule has 2 aliphatic carbocycles. The van der Waals surface area contributed by atoms with Gasteiger partial charge in [0, 0.05) is 76.4 Å². The van der Waals surface area contributed by atoms with E-state index in [2.05, 4.69) is 541 Å². The summed E-state index contributed by atoms with van der Waals surface area (Å²) in [6, 6.07) is 192. The average molecular weight is 1770 g/mol. The van der Waals surface area contributed by atoms with Crippen molar-refractivity contribution in [3.8, 4) is 78.1 Å². The normalized spacial score (nSPS) is 12.7. The van der Waals surface area contributed by atoms with Gasteiger partial charge in [0.1, 0.15) is 0 Å². The first-order valence-electron chi connectivity index (χ1n) is 46.8. The Morgan fingerprint density at radius 3 is 0.868 bits per heavy atom. The Kier molecular flexibility index (Phi) is 19.4. The molecule has 25 aromatic rings. The highest BCUT2D eigenvalue weighted by molar-refractivity contribution is 7.27. The third-order valence-corrected chi connectivity index (χ3v) is 30.9. The number of rotatable bonds is 16. The molecule has 638 valence electrons. The van der Waals surface area contributed by atoms with E-state index in [1.54, 1.807) is 0 Å². The highest BCUT2D eigenvalue weighted by Gasteiger charge is 2.48. The summed E-state index contributed by atoms with van der Waals surface area (Å²) in [6.45, 7) is 0. The van der Waals surface area contributed by atoms with Crippen LogP contribution < -0.4 is 9.80 Å². The maximum absolute atomic E-state index is 2.46. The SMILES string of the molecule is c1ccc(-c2ccc(N(c3ccc(-c4cccc5c4sc4c6ccccc6n(-c6ccccc6)c54)cc3)c3ccc4c(c3)C(c3ccccc3)(c3ccccc3)c3ccccc3-4)cc2)cc1.c1ccc(-n2c3ccccc3c3sc4c(-c5ccc(N(c6ccc(-c7cccc8ccccc78)cc6)c6ccc7c(c6)C(c6ccccc6)(c6ccccc6)c6ccccc6-7)cc5)cccc4c32)cc1. The topological polar surface area (TPSA) is 16.3 Å². The molecule has 0 saturated carbocycles. The van der Waals surface area contributed by atoms with Crippen LogP contribution in [0.1, 0.15) is 44.5 Å². The first-order valence-corrected chi connectivity index (χ1v) is 48.4. The van der Waals surface area contributed by atoms with E-state index in [0.717, 1.165) is 34.1 Å². The van der Waals surface area contributed by atoms with Crippen LogP contribution in [-0.4, -0.2) is 9.13 Å². The highest BCUT2D eigenvalue weighted by Crippen LogP contribution is 2.61. The lowest BCUT2D eigenvalue weighted by Gasteiger charge is -2.35. The standard InChI is InChI=1S/C67H44N2S.C63H42N2S/c1-4-20-48(21-5-1)67(49-22-6-2-7-23-49)61-32-14-12-27-57(61)58-43-42-53(44-62(58)67)68(51-38-34-46(35-39-51)55-29-16-19-45-18-10-11-26-54(45)55)52-40-36-47(37-41-52)56-30-17-31-60-64-66(70-65(56)60)59-28-13-15-33-63(59)69(64)50-24-8-3-9-25-50;1-5-18-43(19-6-1)44-32-36-49(37-33-44)64(51-40-41-54-53-26-13-15-30-57(53)63(58(54)42-51,46-20-7-2-8-21-46)47-22-9-3-10-23-47)50-38-34-45(35-39-50)52-28-17-29-56-60-62(66-61(52)56)55-27-14-16-31-59(55)65(60)48-24-11-4-12-25-48/h1-44H;1-42H. The molecule has 0 radical (unpaired) electrons. The second-order valence-electron chi connectivity index (χ2n) is 35.6. The van der Waals surface area contributed by atoms with Gasteiger partial charge in [-0.15, -0.1) is 22.7 Å². The summed E-state index contributed by atoms with van der Waals surface area (Å²) in [5.41, 5.74) is 37.9. The molecule has 0 unspecified atom stereocenters. The predicted octanol–water partition coefficient (Wildman–Crippen LogP) is 35.5. The maximum atomic E-state index is 2.46. The number of fused-ring (bicyclic) bond motifs is 17. The molecule has 0 N–H and O–H groups in total. The maximum Gasteiger partial charge on any atom is 0.0727 e. The van der Waals surface area contributed by atoms with Crippen molar-refractivity contribution in [2.24, 2.45) is 0 Å². The zero-order valence-electron chi connectivity index (χ0n) is 74.3. The van der Waals surface area contributed by atoms with E-state index >= 15 is 0 Å². The molecule has 0 atom stereocenters. The minimum Gasteiger partial charge on any atom is -0.310 e. The van der Waals surface area contributed by atoms with E-state index in [-0.39, 0.29) is 0 Å². The van der Waals surface area contributed by atoms with E-state index < -0.39 is 10.8 Å². The molecule has 0 aliphatic heterocycles. The summed E-state index contributed by atoms with van der Waals surface area (Å²) < 4.78 is 10.1. The van der Waals surface area contributed by atoms with Crippen molar-refractivity contribution in [1.29, 1.82) is 0 Å². The van der Waals surface area contributed by atoms with Gasteiger partial charge in [-0.05, 0) is 231 Å². The van der Waals surface area contributed by atoms with Crippen molar-refractivity contribution in [3.63, 3.8) is 0 Å². The van der Waals surface area contributed by atoms with Crippen LogP contribution in [0.15, 0.2) is 522 Å². The van der Waals surface area contributed by atoms with Crippen molar-refractivity contribution >= 4 is 130 Å². The van der Waals surface area contributed by atoms with Gasteiger partial charge in [-0.1, -0.05) is 413 Å². The van der Waals surface area contributed by atoms with Gasteiger partial charge in [-0.25, -0.2) is 0 Å². The Hall–Kier alpha value is -17.0. The van der Waals surface area contributed by atoms with Crippen LogP contribution in [0.5, 0.6) is 0 Å². The van der Waals surface area contributed by atoms with Crippen LogP contribution in [0, 0.1) is 0 Å². The molecule has 0 saturated heterocycles. The van der Waals surface area contributed by atoms with E-state index in [4.69, 9.17) is 0 Å². The number of nitrogens with zero attached hydrogens (tertiary/aromatic N) is 4. The van der Waals surface area contributed by atoms with E-state index in [1.165, 1.54) is 196 Å². The Morgan fingerprint density at radius 2 is 0.456 bits per heavy atom. The molecule has 4 aromatic heterocycles. The Labute approximate surface area is 798 Å². The van der Waals surface area contributed by atoms with Crippen LogP contribution in [-0.2, 0) is 10.8 Å². The van der Waals surface area contributed by atoms with Crippen molar-refractivity contribution in [2.45, 2.75) is 10.8 Å². The largest absolute Gasteiger partial charge is 0.310 e. The number of hydrogen-bond donors (Lipinski definition) is 0. The number of benzene rings is 21. The zero-order chi connectivity index (χ0) is 89.8. The Bertz CT molecular complexity index is 8770. The molecule has 0 spiro atoms. The summed E-state index contributed by atoms with van der Waals surface area (Å²) in [7, 11) is 0. The molecule has 0 fully saturated rings. The van der Waals surface area contributed by atoms with Crippen LogP contribution in [0.2, 0.25) is 0 Å². The fourth-order valence-corrected chi connectivity index (χ4v) is 25.2. The lowest BCUT2D eigenvalue weighted by Crippen LogP contribution is -2.28. The van der Waals surface area contributed by atoms with Crippen molar-refractivity contribution in [3.05, 3.63) is 566 Å². The van der Waals surface area contributed by atoms with Crippen LogP contribution in [0.25, 0.3) is 151 Å². The Balaban J connectivity index is 0.000000141. The molecule has 0 bridgehead atoms. The molecule has 21 aromatic carbocycles. The van der Waals surface area contributed by atoms with E-state index in [9.17, 15) is 0 Å². The van der Waals surface area contributed by atoms with Gasteiger partial charge in [0.05, 0.1) is 42.3 Å². The second kappa shape index (κ2) is 33.1. The molecular formula is C130H86N4S2. The molecule has 6 heteroatoms. The van der Waals surface area contributed by atoms with Crippen LogP contribution >= 0.6 is 22.7 Å². The first kappa shape index (κ1) is 79.9. The molecule has 2 aliphatic rings. The van der Waals surface area contributed by atoms with Gasteiger partial charge in [-0.3, -0.25) is 0 Å². The fourth-order valence-electron chi connectivity index (χ4n) is 22.4. The minimum absolute atomic E-state index is 0.507. The number of aromatic nitrogens is 2. The summed E-state index contributed by atoms with van der Waals surface area (Å²) in [5, 5.41) is 7.61. The van der Waals surface area contributed by atoms with Crippen molar-refractivity contribution < 1.29 is 0 Å². The lowest BCUT2D eigenvalue weighted by atomic mass is 9.67. The third kappa shape index (κ3) is 12.9. The van der Waals surface area contributed by atoms with Crippen molar-refractivity contribution in [1.82, 2.24) is 9.13 Å².